The molecule has 0 aromatic rings. The van der Waals surface area contributed by atoms with Crippen molar-refractivity contribution in [3.8, 4) is 0 Å². The van der Waals surface area contributed by atoms with Crippen LogP contribution in [-0.2, 0) is 10.3 Å². The second-order valence-corrected chi connectivity index (χ2v) is 5.48. The topological polar surface area (TPSA) is 93.1 Å². The summed E-state index contributed by atoms with van der Waals surface area (Å²) in [4.78, 5) is 2.05. The van der Waals surface area contributed by atoms with Gasteiger partial charge in [-0.05, 0) is 0 Å². The molecule has 0 radical (unpaired) electrons. The first-order valence-electron chi connectivity index (χ1n) is 5.19. The van der Waals surface area contributed by atoms with E-state index in [1.54, 1.807) is 0 Å². The predicted molar refractivity (Wildman–Crippen MR) is 59.5 cm³/mol. The lowest BCUT2D eigenvalue weighted by Gasteiger charge is -2.29. The lowest BCUT2D eigenvalue weighted by Crippen LogP contribution is -2.48. The summed E-state index contributed by atoms with van der Waals surface area (Å²) in [5.41, 5.74) is 0. The van der Waals surface area contributed by atoms with E-state index in [2.05, 4.69) is 10.2 Å². The van der Waals surface area contributed by atoms with Gasteiger partial charge in [0, 0.05) is 46.3 Å². The molecule has 1 heterocycles. The summed E-state index contributed by atoms with van der Waals surface area (Å²) in [5, 5.41) is 12.8. The molecule has 1 unspecified atom stereocenters. The van der Waals surface area contributed by atoms with E-state index >= 15 is 0 Å². The number of nitrogens with zero attached hydrogens (tertiary/aromatic N) is 2. The minimum absolute atomic E-state index is 0.0945. The van der Waals surface area contributed by atoms with E-state index in [4.69, 9.17) is 4.55 Å². The molecule has 7 nitrogen and oxygen atoms in total. The van der Waals surface area contributed by atoms with Gasteiger partial charge in [-0.2, -0.15) is 12.7 Å². The molecule has 0 bridgehead atoms. The van der Waals surface area contributed by atoms with E-state index < -0.39 is 16.4 Å². The second-order valence-electron chi connectivity index (χ2n) is 3.96. The first-order valence-corrected chi connectivity index (χ1v) is 6.59. The largest absolute Gasteiger partial charge is 0.390 e. The third-order valence-corrected chi connectivity index (χ3v) is 3.48. The van der Waals surface area contributed by atoms with Gasteiger partial charge in [0.25, 0.3) is 0 Å². The molecular weight excluding hydrogens is 234 g/mol. The molecule has 0 amide bonds. The fraction of sp³-hybridized carbons (Fsp3) is 1.00. The zero-order chi connectivity index (χ0) is 12.2. The van der Waals surface area contributed by atoms with Gasteiger partial charge in [-0.1, -0.05) is 0 Å². The number of piperazine rings is 1. The first kappa shape index (κ1) is 13.8. The lowest BCUT2D eigenvalue weighted by molar-refractivity contribution is 0.0911. The molecule has 0 aromatic heterocycles. The van der Waals surface area contributed by atoms with Crippen molar-refractivity contribution in [1.82, 2.24) is 14.5 Å². The maximum absolute atomic E-state index is 10.7. The molecular formula is C8H19N3O4S. The molecule has 1 atom stereocenters. The molecule has 1 aliphatic heterocycles. The molecule has 1 aliphatic rings. The lowest BCUT2D eigenvalue weighted by atomic mass is 10.3. The van der Waals surface area contributed by atoms with Gasteiger partial charge >= 0.3 is 10.3 Å². The first-order chi connectivity index (χ1) is 7.39. The van der Waals surface area contributed by atoms with Crippen molar-refractivity contribution in [3.63, 3.8) is 0 Å². The molecule has 0 saturated carbocycles. The van der Waals surface area contributed by atoms with Gasteiger partial charge in [-0.15, -0.1) is 0 Å². The molecule has 1 saturated heterocycles. The number of β-amino-alcohol motifs (C(OH)–C–C–N with tert-alkyl or cyclic N) is 1. The maximum atomic E-state index is 10.7. The van der Waals surface area contributed by atoms with Crippen LogP contribution >= 0.6 is 0 Å². The highest BCUT2D eigenvalue weighted by atomic mass is 32.2. The zero-order valence-electron chi connectivity index (χ0n) is 9.33. The summed E-state index contributed by atoms with van der Waals surface area (Å²) < 4.78 is 30.9. The highest BCUT2D eigenvalue weighted by molar-refractivity contribution is 7.83. The molecule has 0 spiro atoms. The monoisotopic (exact) mass is 253 g/mol. The van der Waals surface area contributed by atoms with Crippen LogP contribution in [-0.4, -0.2) is 79.7 Å². The standard InChI is InChI=1S/C8H19N3O4S/c1-10(16(13,14)15)6-8(12)7-11-4-2-9-3-5-11/h8-9,12H,2-7H2,1H3,(H,13,14,15). The third-order valence-electron chi connectivity index (χ3n) is 2.54. The van der Waals surface area contributed by atoms with Crippen LogP contribution in [0, 0.1) is 0 Å². The van der Waals surface area contributed by atoms with Crippen molar-refractivity contribution >= 4 is 10.3 Å². The van der Waals surface area contributed by atoms with Crippen molar-refractivity contribution in [2.24, 2.45) is 0 Å². The molecule has 0 aromatic carbocycles. The normalized spacial score (nSPS) is 21.2. The van der Waals surface area contributed by atoms with Crippen LogP contribution < -0.4 is 5.32 Å². The number of aliphatic hydroxyl groups excluding tert-OH is 1. The van der Waals surface area contributed by atoms with E-state index in [1.807, 2.05) is 0 Å². The zero-order valence-corrected chi connectivity index (χ0v) is 10.2. The fourth-order valence-electron chi connectivity index (χ4n) is 1.64. The van der Waals surface area contributed by atoms with Gasteiger partial charge in [0.2, 0.25) is 0 Å². The molecule has 16 heavy (non-hydrogen) atoms. The van der Waals surface area contributed by atoms with E-state index in [0.717, 1.165) is 30.5 Å². The van der Waals surface area contributed by atoms with Gasteiger partial charge in [0.05, 0.1) is 6.10 Å². The van der Waals surface area contributed by atoms with Gasteiger partial charge in [-0.25, -0.2) is 0 Å². The van der Waals surface area contributed by atoms with E-state index in [0.29, 0.717) is 6.54 Å². The Morgan fingerprint density at radius 3 is 2.50 bits per heavy atom. The quantitative estimate of drug-likeness (QED) is 0.490. The molecule has 3 N–H and O–H groups in total. The molecule has 96 valence electrons. The van der Waals surface area contributed by atoms with Crippen LogP contribution in [0.4, 0.5) is 0 Å². The highest BCUT2D eigenvalue weighted by Gasteiger charge is 2.20. The second kappa shape index (κ2) is 5.89. The number of likely N-dealkylation sites (N-methyl/N-ethyl adjacent to an activating group) is 1. The van der Waals surface area contributed by atoms with Gasteiger partial charge in [0.1, 0.15) is 0 Å². The van der Waals surface area contributed by atoms with Crippen LogP contribution in [0.1, 0.15) is 0 Å². The number of aliphatic hydroxyl groups is 1. The molecule has 8 heteroatoms. The van der Waals surface area contributed by atoms with Gasteiger partial charge in [0.15, 0.2) is 0 Å². The van der Waals surface area contributed by atoms with Crippen LogP contribution in [0.5, 0.6) is 0 Å². The Morgan fingerprint density at radius 2 is 2.00 bits per heavy atom. The van der Waals surface area contributed by atoms with Crippen molar-refractivity contribution < 1.29 is 18.1 Å². The van der Waals surface area contributed by atoms with E-state index in [9.17, 15) is 13.5 Å². The van der Waals surface area contributed by atoms with Crippen molar-refractivity contribution in [3.05, 3.63) is 0 Å². The Labute approximate surface area is 95.9 Å². The van der Waals surface area contributed by atoms with Crippen LogP contribution in [0.3, 0.4) is 0 Å². The third kappa shape index (κ3) is 4.73. The summed E-state index contributed by atoms with van der Waals surface area (Å²) in [6.07, 6.45) is -0.787. The average Bonchev–Trinajstić information content (AvgIpc) is 2.17. The van der Waals surface area contributed by atoms with Crippen LogP contribution in [0.2, 0.25) is 0 Å². The predicted octanol–water partition coefficient (Wildman–Crippen LogP) is -2.01. The number of hydrogen-bond donors (Lipinski definition) is 3. The van der Waals surface area contributed by atoms with Gasteiger partial charge < -0.3 is 10.4 Å². The minimum atomic E-state index is -4.20. The molecule has 1 rings (SSSR count). The van der Waals surface area contributed by atoms with Crippen molar-refractivity contribution in [1.29, 1.82) is 0 Å². The number of nitrogens with one attached hydrogen (secondary N) is 1. The van der Waals surface area contributed by atoms with E-state index in [1.165, 1.54) is 7.05 Å². The number of rotatable bonds is 5. The fourth-order valence-corrected chi connectivity index (χ4v) is 2.00. The summed E-state index contributed by atoms with van der Waals surface area (Å²) in [6.45, 7) is 3.76. The Morgan fingerprint density at radius 1 is 1.44 bits per heavy atom. The van der Waals surface area contributed by atoms with Crippen molar-refractivity contribution in [2.45, 2.75) is 6.10 Å². The smallest absolute Gasteiger partial charge is 0.335 e. The van der Waals surface area contributed by atoms with Crippen molar-refractivity contribution in [2.75, 3.05) is 46.3 Å². The van der Waals surface area contributed by atoms with Crippen LogP contribution in [0.15, 0.2) is 0 Å². The SMILES string of the molecule is CN(CC(O)CN1CCNCC1)S(=O)(=O)O. The average molecular weight is 253 g/mol. The molecule has 0 aliphatic carbocycles. The van der Waals surface area contributed by atoms with Gasteiger partial charge in [-0.3, -0.25) is 9.45 Å². The minimum Gasteiger partial charge on any atom is -0.390 e. The highest BCUT2D eigenvalue weighted by Crippen LogP contribution is 1.99. The summed E-state index contributed by atoms with van der Waals surface area (Å²) in [6, 6.07) is 0. The Balaban J connectivity index is 2.32. The van der Waals surface area contributed by atoms with Crippen LogP contribution in [0.25, 0.3) is 0 Å². The summed E-state index contributed by atoms with van der Waals surface area (Å²) in [7, 11) is -2.96. The molecule has 1 fully saturated rings. The Kier molecular flexibility index (Phi) is 5.09. The number of hydrogen-bond acceptors (Lipinski definition) is 5. The Bertz CT molecular complexity index is 302. The van der Waals surface area contributed by atoms with E-state index in [-0.39, 0.29) is 6.54 Å². The maximum Gasteiger partial charge on any atom is 0.335 e. The summed E-state index contributed by atoms with van der Waals surface area (Å²) >= 11 is 0. The Hall–Kier alpha value is -0.250. The summed E-state index contributed by atoms with van der Waals surface area (Å²) in [5.74, 6) is 0.